The van der Waals surface area contributed by atoms with Crippen LogP contribution >= 0.6 is 0 Å². The Balaban J connectivity index is 1.84. The van der Waals surface area contributed by atoms with Crippen molar-refractivity contribution in [3.63, 3.8) is 0 Å². The van der Waals surface area contributed by atoms with Gasteiger partial charge in [0.25, 0.3) is 5.78 Å². The molecule has 1 heterocycles. The summed E-state index contributed by atoms with van der Waals surface area (Å²) >= 11 is 0. The molecule has 3 rings (SSSR count). The summed E-state index contributed by atoms with van der Waals surface area (Å²) in [7, 11) is 0. The third-order valence-electron chi connectivity index (χ3n) is 3.48. The van der Waals surface area contributed by atoms with Crippen LogP contribution in [0.2, 0.25) is 0 Å². The minimum absolute atomic E-state index is 0.0864. The van der Waals surface area contributed by atoms with Crippen LogP contribution in [-0.4, -0.2) is 28.7 Å². The molecule has 2 aromatic carbocycles. The Morgan fingerprint density at radius 3 is 2.54 bits per heavy atom. The third-order valence-corrected chi connectivity index (χ3v) is 3.48. The lowest BCUT2D eigenvalue weighted by atomic mass is 10.0. The molecule has 1 atom stereocenters. The first-order valence-electron chi connectivity index (χ1n) is 6.96. The number of hydrogen-bond acceptors (Lipinski definition) is 5. The number of ketones is 2. The van der Waals surface area contributed by atoms with E-state index < -0.39 is 35.0 Å². The van der Waals surface area contributed by atoms with Gasteiger partial charge in [-0.05, 0) is 17.7 Å². The molecule has 0 aromatic heterocycles. The van der Waals surface area contributed by atoms with E-state index in [0.717, 1.165) is 5.56 Å². The second kappa shape index (κ2) is 6.11. The van der Waals surface area contributed by atoms with E-state index in [1.807, 2.05) is 6.07 Å². The standard InChI is InChI=1S/C17H11FO6/c18-13-11(23-8-9-4-2-1-3-5-9)7-6-10-12(13)14(19)16(24-10)15(20)17(21)22/h1-7,16H,8H2,(H,21,22). The highest BCUT2D eigenvalue weighted by Gasteiger charge is 2.43. The van der Waals surface area contributed by atoms with Crippen LogP contribution in [0.1, 0.15) is 15.9 Å². The number of carboxylic acid groups (broad SMARTS) is 1. The van der Waals surface area contributed by atoms with Crippen LogP contribution in [0.5, 0.6) is 11.5 Å². The number of carbonyl (C=O) groups is 3. The molecule has 0 radical (unpaired) electrons. The quantitative estimate of drug-likeness (QED) is 0.666. The maximum atomic E-state index is 14.5. The van der Waals surface area contributed by atoms with Crippen molar-refractivity contribution < 1.29 is 33.4 Å². The van der Waals surface area contributed by atoms with Gasteiger partial charge in [0.15, 0.2) is 11.6 Å². The van der Waals surface area contributed by atoms with E-state index in [4.69, 9.17) is 14.6 Å². The molecule has 0 spiro atoms. The number of hydrogen-bond donors (Lipinski definition) is 1. The summed E-state index contributed by atoms with van der Waals surface area (Å²) in [6.07, 6.45) is -1.86. The van der Waals surface area contributed by atoms with E-state index in [0.29, 0.717) is 0 Å². The molecule has 7 heteroatoms. The molecule has 1 aliphatic rings. The van der Waals surface area contributed by atoms with Crippen molar-refractivity contribution in [2.45, 2.75) is 12.7 Å². The average molecular weight is 330 g/mol. The summed E-state index contributed by atoms with van der Waals surface area (Å²) < 4.78 is 24.8. The van der Waals surface area contributed by atoms with Crippen LogP contribution in [0.25, 0.3) is 0 Å². The number of carbonyl (C=O) groups excluding carboxylic acids is 2. The number of ether oxygens (including phenoxy) is 2. The third kappa shape index (κ3) is 2.71. The molecule has 122 valence electrons. The van der Waals surface area contributed by atoms with Crippen molar-refractivity contribution in [3.8, 4) is 11.5 Å². The molecule has 1 N–H and O–H groups in total. The van der Waals surface area contributed by atoms with Crippen molar-refractivity contribution in [1.82, 2.24) is 0 Å². The fourth-order valence-corrected chi connectivity index (χ4v) is 2.31. The van der Waals surface area contributed by atoms with Gasteiger partial charge in [-0.2, -0.15) is 0 Å². The fourth-order valence-electron chi connectivity index (χ4n) is 2.31. The molecule has 0 saturated heterocycles. The predicted molar refractivity (Wildman–Crippen MR) is 78.6 cm³/mol. The molecule has 24 heavy (non-hydrogen) atoms. The van der Waals surface area contributed by atoms with Crippen LogP contribution in [0.4, 0.5) is 4.39 Å². The van der Waals surface area contributed by atoms with Gasteiger partial charge in [-0.1, -0.05) is 30.3 Å². The Bertz CT molecular complexity index is 830. The van der Waals surface area contributed by atoms with Gasteiger partial charge in [0.1, 0.15) is 17.9 Å². The molecule has 1 aliphatic heterocycles. The van der Waals surface area contributed by atoms with E-state index in [1.165, 1.54) is 12.1 Å². The molecule has 0 bridgehead atoms. The molecule has 6 nitrogen and oxygen atoms in total. The number of rotatable bonds is 5. The summed E-state index contributed by atoms with van der Waals surface area (Å²) in [5, 5.41) is 8.67. The number of carboxylic acids is 1. The molecule has 0 saturated carbocycles. The van der Waals surface area contributed by atoms with Gasteiger partial charge in [-0.25, -0.2) is 9.18 Å². The lowest BCUT2D eigenvalue weighted by Gasteiger charge is -2.08. The summed E-state index contributed by atoms with van der Waals surface area (Å²) in [4.78, 5) is 34.2. The van der Waals surface area contributed by atoms with Gasteiger partial charge < -0.3 is 14.6 Å². The molecule has 0 amide bonds. The first kappa shape index (κ1) is 15.7. The zero-order valence-corrected chi connectivity index (χ0v) is 12.2. The maximum Gasteiger partial charge on any atom is 0.376 e. The number of fused-ring (bicyclic) bond motifs is 1. The summed E-state index contributed by atoms with van der Waals surface area (Å²) in [5.74, 6) is -5.62. The van der Waals surface area contributed by atoms with Crippen LogP contribution in [0.3, 0.4) is 0 Å². The van der Waals surface area contributed by atoms with Crippen LogP contribution < -0.4 is 9.47 Å². The van der Waals surface area contributed by atoms with E-state index in [9.17, 15) is 18.8 Å². The van der Waals surface area contributed by atoms with E-state index in [2.05, 4.69) is 0 Å². The topological polar surface area (TPSA) is 89.9 Å². The fraction of sp³-hybridized carbons (Fsp3) is 0.118. The average Bonchev–Trinajstić information content (AvgIpc) is 2.92. The van der Waals surface area contributed by atoms with E-state index >= 15 is 0 Å². The highest BCUT2D eigenvalue weighted by atomic mass is 19.1. The highest BCUT2D eigenvalue weighted by Crippen LogP contribution is 2.36. The SMILES string of the molecule is O=C(O)C(=O)C1Oc2ccc(OCc3ccccc3)c(F)c2C1=O. The predicted octanol–water partition coefficient (Wildman–Crippen LogP) is 2.00. The van der Waals surface area contributed by atoms with Crippen molar-refractivity contribution in [3.05, 3.63) is 59.4 Å². The largest absolute Gasteiger partial charge is 0.486 e. The Kier molecular flexibility index (Phi) is 3.99. The van der Waals surface area contributed by atoms with Crippen LogP contribution in [0.15, 0.2) is 42.5 Å². The second-order valence-electron chi connectivity index (χ2n) is 5.06. The molecule has 2 aromatic rings. The molecular weight excluding hydrogens is 319 g/mol. The summed E-state index contributed by atoms with van der Waals surface area (Å²) in [6, 6.07) is 11.6. The number of halogens is 1. The van der Waals surface area contributed by atoms with Crippen molar-refractivity contribution in [2.24, 2.45) is 0 Å². The van der Waals surface area contributed by atoms with Gasteiger partial charge in [-0.15, -0.1) is 0 Å². The van der Waals surface area contributed by atoms with Gasteiger partial charge in [0.2, 0.25) is 11.9 Å². The summed E-state index contributed by atoms with van der Waals surface area (Å²) in [6.45, 7) is 0.0864. The first-order chi connectivity index (χ1) is 11.5. The van der Waals surface area contributed by atoms with Crippen molar-refractivity contribution in [2.75, 3.05) is 0 Å². The lowest BCUT2D eigenvalue weighted by molar-refractivity contribution is -0.151. The smallest absolute Gasteiger partial charge is 0.376 e. The van der Waals surface area contributed by atoms with Crippen molar-refractivity contribution in [1.29, 1.82) is 0 Å². The van der Waals surface area contributed by atoms with Gasteiger partial charge in [-0.3, -0.25) is 9.59 Å². The Morgan fingerprint density at radius 2 is 1.88 bits per heavy atom. The Hall–Kier alpha value is -3.22. The second-order valence-corrected chi connectivity index (χ2v) is 5.06. The normalized spacial score (nSPS) is 15.5. The molecular formula is C17H11FO6. The first-order valence-corrected chi connectivity index (χ1v) is 6.96. The van der Waals surface area contributed by atoms with Gasteiger partial charge in [0.05, 0.1) is 0 Å². The van der Waals surface area contributed by atoms with Crippen LogP contribution in [-0.2, 0) is 16.2 Å². The van der Waals surface area contributed by atoms with Crippen molar-refractivity contribution >= 4 is 17.5 Å². The highest BCUT2D eigenvalue weighted by molar-refractivity contribution is 6.41. The Morgan fingerprint density at radius 1 is 1.17 bits per heavy atom. The zero-order valence-electron chi connectivity index (χ0n) is 12.2. The minimum Gasteiger partial charge on any atom is -0.486 e. The molecule has 0 aliphatic carbocycles. The molecule has 1 unspecified atom stereocenters. The summed E-state index contributed by atoms with van der Waals surface area (Å²) in [5.41, 5.74) is 0.332. The van der Waals surface area contributed by atoms with Gasteiger partial charge >= 0.3 is 5.97 Å². The minimum atomic E-state index is -1.86. The number of Topliss-reactive ketones (excluding diaryl/α,β-unsaturated/α-hetero) is 2. The monoisotopic (exact) mass is 330 g/mol. The van der Waals surface area contributed by atoms with E-state index in [1.54, 1.807) is 24.3 Å². The van der Waals surface area contributed by atoms with E-state index in [-0.39, 0.29) is 18.1 Å². The van der Waals surface area contributed by atoms with Gasteiger partial charge in [0, 0.05) is 0 Å². The lowest BCUT2D eigenvalue weighted by Crippen LogP contribution is -2.36. The number of benzene rings is 2. The Labute approximate surface area is 135 Å². The molecule has 0 fully saturated rings. The number of aliphatic carboxylic acids is 1. The van der Waals surface area contributed by atoms with Crippen LogP contribution in [0, 0.1) is 5.82 Å². The zero-order chi connectivity index (χ0) is 17.3. The maximum absolute atomic E-state index is 14.5.